The quantitative estimate of drug-likeness (QED) is 0.633. The van der Waals surface area contributed by atoms with Crippen LogP contribution in [0.25, 0.3) is 21.8 Å². The largest absolute Gasteiger partial charge is 0.443 e. The molecule has 0 radical (unpaired) electrons. The van der Waals surface area contributed by atoms with Crippen LogP contribution in [-0.4, -0.2) is 26.3 Å². The molecule has 23 heavy (non-hydrogen) atoms. The Labute approximate surface area is 132 Å². The van der Waals surface area contributed by atoms with Crippen LogP contribution in [0.1, 0.15) is 20.8 Å². The maximum absolute atomic E-state index is 11.9. The van der Waals surface area contributed by atoms with Crippen LogP contribution in [0.4, 0.5) is 16.6 Å². The summed E-state index contributed by atoms with van der Waals surface area (Å²) < 4.78 is 6.82. The predicted octanol–water partition coefficient (Wildman–Crippen LogP) is 2.23. The van der Waals surface area contributed by atoms with Crippen LogP contribution in [0.2, 0.25) is 0 Å². The normalized spacial score (nSPS) is 11.8. The molecule has 0 saturated heterocycles. The molecule has 5 N–H and O–H groups in total. The summed E-state index contributed by atoms with van der Waals surface area (Å²) in [6.45, 7) is 5.41. The Morgan fingerprint density at radius 3 is 2.65 bits per heavy atom. The molecular formula is C15H18N6O2. The van der Waals surface area contributed by atoms with Gasteiger partial charge in [0.15, 0.2) is 0 Å². The molecule has 0 bridgehead atoms. The Morgan fingerprint density at radius 2 is 1.96 bits per heavy atom. The summed E-state index contributed by atoms with van der Waals surface area (Å²) in [5, 5.41) is 1.51. The monoisotopic (exact) mass is 314 g/mol. The first-order chi connectivity index (χ1) is 10.7. The molecule has 0 aliphatic heterocycles. The van der Waals surface area contributed by atoms with Gasteiger partial charge >= 0.3 is 6.09 Å². The highest BCUT2D eigenvalue weighted by Crippen LogP contribution is 2.28. The second-order valence-corrected chi connectivity index (χ2v) is 6.16. The van der Waals surface area contributed by atoms with Crippen LogP contribution < -0.4 is 16.9 Å². The summed E-state index contributed by atoms with van der Waals surface area (Å²) in [7, 11) is 0. The molecule has 0 aliphatic carbocycles. The van der Waals surface area contributed by atoms with E-state index in [1.54, 1.807) is 37.7 Å². The molecular weight excluding hydrogens is 296 g/mol. The van der Waals surface area contributed by atoms with Gasteiger partial charge in [-0.05, 0) is 39.0 Å². The van der Waals surface area contributed by atoms with Gasteiger partial charge in [-0.3, -0.25) is 4.68 Å². The number of benzene rings is 1. The second kappa shape index (κ2) is 5.01. The average Bonchev–Trinajstić information content (AvgIpc) is 2.78. The molecule has 0 atom stereocenters. The number of carbonyl (C=O) groups excluding carboxylic acids is 1. The number of hydrogen-bond donors (Lipinski definition) is 3. The fraction of sp³-hybridized carbons (Fsp3) is 0.267. The third-order valence-electron chi connectivity index (χ3n) is 3.19. The zero-order valence-electron chi connectivity index (χ0n) is 13.1. The molecule has 2 heterocycles. The molecule has 0 unspecified atom stereocenters. The number of nitrogens with one attached hydrogen (secondary N) is 1. The number of nitrogens with two attached hydrogens (primary N) is 2. The molecule has 8 nitrogen and oxygen atoms in total. The van der Waals surface area contributed by atoms with E-state index in [9.17, 15) is 4.79 Å². The lowest BCUT2D eigenvalue weighted by atomic mass is 10.1. The summed E-state index contributed by atoms with van der Waals surface area (Å²) in [5.41, 5.74) is 15.1. The minimum absolute atomic E-state index is 0.126. The molecule has 3 aromatic rings. The van der Waals surface area contributed by atoms with Crippen molar-refractivity contribution >= 4 is 39.7 Å². The SMILES string of the molecule is CC(C)(C)OC(=O)Nn1ccc2c3c(N)nc(N)nc3ccc21. The van der Waals surface area contributed by atoms with Gasteiger partial charge < -0.3 is 16.2 Å². The minimum Gasteiger partial charge on any atom is -0.443 e. The van der Waals surface area contributed by atoms with Gasteiger partial charge in [0, 0.05) is 11.6 Å². The minimum atomic E-state index is -0.574. The zero-order valence-corrected chi connectivity index (χ0v) is 13.1. The van der Waals surface area contributed by atoms with Gasteiger partial charge in [0.2, 0.25) is 5.95 Å². The first-order valence-electron chi connectivity index (χ1n) is 7.07. The van der Waals surface area contributed by atoms with Crippen molar-refractivity contribution in [2.75, 3.05) is 16.9 Å². The highest BCUT2D eigenvalue weighted by atomic mass is 16.6. The van der Waals surface area contributed by atoms with Crippen LogP contribution in [-0.2, 0) is 4.74 Å². The van der Waals surface area contributed by atoms with Crippen molar-refractivity contribution in [1.82, 2.24) is 14.6 Å². The first kappa shape index (κ1) is 14.9. The van der Waals surface area contributed by atoms with Crippen LogP contribution >= 0.6 is 0 Å². The number of amides is 1. The fourth-order valence-corrected chi connectivity index (χ4v) is 2.39. The molecule has 3 rings (SSSR count). The number of aromatic nitrogens is 3. The summed E-state index contributed by atoms with van der Waals surface area (Å²) in [6, 6.07) is 5.42. The maximum atomic E-state index is 11.9. The number of nitrogens with zero attached hydrogens (tertiary/aromatic N) is 3. The van der Waals surface area contributed by atoms with E-state index in [1.807, 2.05) is 12.1 Å². The predicted molar refractivity (Wildman–Crippen MR) is 89.5 cm³/mol. The third kappa shape index (κ3) is 2.83. The van der Waals surface area contributed by atoms with E-state index in [2.05, 4.69) is 15.4 Å². The van der Waals surface area contributed by atoms with Crippen molar-refractivity contribution in [1.29, 1.82) is 0 Å². The van der Waals surface area contributed by atoms with Crippen LogP contribution in [0.15, 0.2) is 24.4 Å². The number of fused-ring (bicyclic) bond motifs is 3. The van der Waals surface area contributed by atoms with Crippen molar-refractivity contribution in [3.8, 4) is 0 Å². The van der Waals surface area contributed by atoms with E-state index in [-0.39, 0.29) is 5.95 Å². The highest BCUT2D eigenvalue weighted by molar-refractivity contribution is 6.10. The Morgan fingerprint density at radius 1 is 1.22 bits per heavy atom. The van der Waals surface area contributed by atoms with Crippen molar-refractivity contribution in [2.45, 2.75) is 26.4 Å². The molecule has 2 aromatic heterocycles. The lowest BCUT2D eigenvalue weighted by Gasteiger charge is -2.20. The average molecular weight is 314 g/mol. The van der Waals surface area contributed by atoms with Crippen molar-refractivity contribution in [3.63, 3.8) is 0 Å². The van der Waals surface area contributed by atoms with Crippen LogP contribution in [0, 0.1) is 0 Å². The molecule has 0 spiro atoms. The third-order valence-corrected chi connectivity index (χ3v) is 3.19. The number of nitrogen functional groups attached to an aromatic ring is 2. The Bertz CT molecular complexity index is 910. The van der Waals surface area contributed by atoms with Gasteiger partial charge in [-0.1, -0.05) is 0 Å². The standard InChI is InChI=1S/C15H18N6O2/c1-15(2,3)23-14(22)20-21-7-6-8-10(21)5-4-9-11(8)12(16)19-13(17)18-9/h4-7H,1-3H3,(H,20,22)(H4,16,17,18,19). The zero-order chi connectivity index (χ0) is 16.8. The number of anilines is 2. The van der Waals surface area contributed by atoms with Gasteiger partial charge in [0.25, 0.3) is 0 Å². The van der Waals surface area contributed by atoms with E-state index in [4.69, 9.17) is 16.2 Å². The van der Waals surface area contributed by atoms with Crippen molar-refractivity contribution in [2.24, 2.45) is 0 Å². The van der Waals surface area contributed by atoms with Crippen molar-refractivity contribution in [3.05, 3.63) is 24.4 Å². The Kier molecular flexibility index (Phi) is 3.24. The van der Waals surface area contributed by atoms with E-state index < -0.39 is 11.7 Å². The Hall–Kier alpha value is -3.03. The number of rotatable bonds is 1. The first-order valence-corrected chi connectivity index (χ1v) is 7.07. The smallest absolute Gasteiger partial charge is 0.426 e. The molecule has 0 saturated carbocycles. The number of hydrogen-bond acceptors (Lipinski definition) is 6. The highest BCUT2D eigenvalue weighted by Gasteiger charge is 2.17. The van der Waals surface area contributed by atoms with Gasteiger partial charge in [-0.15, -0.1) is 0 Å². The van der Waals surface area contributed by atoms with Crippen LogP contribution in [0.5, 0.6) is 0 Å². The summed E-state index contributed by atoms with van der Waals surface area (Å²) >= 11 is 0. The van der Waals surface area contributed by atoms with Crippen molar-refractivity contribution < 1.29 is 9.53 Å². The summed E-state index contributed by atoms with van der Waals surface area (Å²) in [6.07, 6.45) is 1.17. The van der Waals surface area contributed by atoms with Gasteiger partial charge in [-0.25, -0.2) is 15.2 Å². The molecule has 0 fully saturated rings. The molecule has 8 heteroatoms. The van der Waals surface area contributed by atoms with E-state index in [0.29, 0.717) is 16.7 Å². The topological polar surface area (TPSA) is 121 Å². The number of carbonyl (C=O) groups is 1. The van der Waals surface area contributed by atoms with Crippen LogP contribution in [0.3, 0.4) is 0 Å². The summed E-state index contributed by atoms with van der Waals surface area (Å²) in [5.74, 6) is 0.425. The molecule has 0 aliphatic rings. The summed E-state index contributed by atoms with van der Waals surface area (Å²) in [4.78, 5) is 20.1. The lowest BCUT2D eigenvalue weighted by Crippen LogP contribution is -2.31. The van der Waals surface area contributed by atoms with Gasteiger partial charge in [-0.2, -0.15) is 4.98 Å². The second-order valence-electron chi connectivity index (χ2n) is 6.16. The van der Waals surface area contributed by atoms with E-state index in [1.165, 1.54) is 0 Å². The molecule has 1 aromatic carbocycles. The Balaban J connectivity index is 2.05. The van der Waals surface area contributed by atoms with Gasteiger partial charge in [0.1, 0.15) is 11.4 Å². The maximum Gasteiger partial charge on any atom is 0.426 e. The molecule has 120 valence electrons. The van der Waals surface area contributed by atoms with E-state index >= 15 is 0 Å². The lowest BCUT2D eigenvalue weighted by molar-refractivity contribution is 0.0614. The molecule has 1 amide bonds. The number of ether oxygens (including phenoxy) is 1. The van der Waals surface area contributed by atoms with E-state index in [0.717, 1.165) is 10.9 Å². The fourth-order valence-electron chi connectivity index (χ4n) is 2.39. The van der Waals surface area contributed by atoms with Gasteiger partial charge in [0.05, 0.1) is 16.4 Å².